The number of nitro benzene ring substituents is 1. The van der Waals surface area contributed by atoms with Crippen LogP contribution < -0.4 is 4.90 Å². The fourth-order valence-corrected chi connectivity index (χ4v) is 3.97. The Hall–Kier alpha value is -2.71. The van der Waals surface area contributed by atoms with Crippen LogP contribution in [0.25, 0.3) is 6.08 Å². The van der Waals surface area contributed by atoms with Crippen molar-refractivity contribution in [2.24, 2.45) is 0 Å². The highest BCUT2D eigenvalue weighted by molar-refractivity contribution is 7.92. The number of sulfonamides is 1. The normalized spacial score (nSPS) is 16.1. The van der Waals surface area contributed by atoms with Gasteiger partial charge in [0.25, 0.3) is 5.69 Å². The average molecular weight is 373 g/mol. The Bertz CT molecular complexity index is 888. The molecular weight excluding hydrogens is 354 g/mol. The van der Waals surface area contributed by atoms with Crippen molar-refractivity contribution in [1.82, 2.24) is 4.31 Å². The Morgan fingerprint density at radius 3 is 2.12 bits per heavy atom. The number of hydrogen-bond donors (Lipinski definition) is 0. The summed E-state index contributed by atoms with van der Waals surface area (Å²) in [6, 6.07) is 15.6. The molecule has 1 heterocycles. The zero-order valence-electron chi connectivity index (χ0n) is 14.1. The van der Waals surface area contributed by atoms with Gasteiger partial charge in [-0.1, -0.05) is 30.3 Å². The first-order chi connectivity index (χ1) is 12.5. The Morgan fingerprint density at radius 1 is 0.923 bits per heavy atom. The number of non-ortho nitro benzene ring substituents is 1. The van der Waals surface area contributed by atoms with Gasteiger partial charge >= 0.3 is 0 Å². The van der Waals surface area contributed by atoms with E-state index in [4.69, 9.17) is 0 Å². The molecule has 7 nitrogen and oxygen atoms in total. The minimum atomic E-state index is -3.47. The summed E-state index contributed by atoms with van der Waals surface area (Å²) in [6.07, 6.45) is 1.60. The summed E-state index contributed by atoms with van der Waals surface area (Å²) in [6.45, 7) is 1.82. The van der Waals surface area contributed by atoms with Crippen molar-refractivity contribution in [1.29, 1.82) is 0 Å². The van der Waals surface area contributed by atoms with Crippen LogP contribution >= 0.6 is 0 Å². The van der Waals surface area contributed by atoms with Crippen LogP contribution in [0, 0.1) is 10.1 Å². The van der Waals surface area contributed by atoms with E-state index in [1.165, 1.54) is 21.8 Å². The first kappa shape index (κ1) is 18.1. The molecule has 0 saturated carbocycles. The van der Waals surface area contributed by atoms with E-state index in [0.717, 1.165) is 11.3 Å². The Kier molecular flexibility index (Phi) is 5.34. The lowest BCUT2D eigenvalue weighted by Crippen LogP contribution is -2.48. The van der Waals surface area contributed by atoms with Crippen LogP contribution in [-0.4, -0.2) is 43.8 Å². The molecule has 2 aromatic carbocycles. The van der Waals surface area contributed by atoms with Gasteiger partial charge in [0, 0.05) is 49.4 Å². The van der Waals surface area contributed by atoms with Crippen LogP contribution in [0.15, 0.2) is 60.0 Å². The van der Waals surface area contributed by atoms with Crippen molar-refractivity contribution < 1.29 is 13.3 Å². The van der Waals surface area contributed by atoms with Gasteiger partial charge in [-0.3, -0.25) is 10.1 Å². The van der Waals surface area contributed by atoms with E-state index in [2.05, 4.69) is 0 Å². The molecule has 1 aliphatic rings. The van der Waals surface area contributed by atoms with Gasteiger partial charge in [0.1, 0.15) is 0 Å². The molecule has 0 atom stereocenters. The molecule has 3 rings (SSSR count). The van der Waals surface area contributed by atoms with Crippen molar-refractivity contribution in [3.8, 4) is 0 Å². The van der Waals surface area contributed by atoms with Gasteiger partial charge in [0.05, 0.1) is 4.92 Å². The summed E-state index contributed by atoms with van der Waals surface area (Å²) >= 11 is 0. The summed E-state index contributed by atoms with van der Waals surface area (Å²) in [5, 5.41) is 12.0. The Labute approximate surface area is 152 Å². The number of anilines is 1. The van der Waals surface area contributed by atoms with E-state index in [9.17, 15) is 18.5 Å². The Balaban J connectivity index is 1.62. The van der Waals surface area contributed by atoms with Crippen molar-refractivity contribution >= 4 is 27.5 Å². The summed E-state index contributed by atoms with van der Waals surface area (Å²) in [4.78, 5) is 12.3. The number of hydrogen-bond acceptors (Lipinski definition) is 5. The van der Waals surface area contributed by atoms with Gasteiger partial charge in [-0.05, 0) is 23.8 Å². The third kappa shape index (κ3) is 4.27. The first-order valence-corrected chi connectivity index (χ1v) is 9.69. The second-order valence-corrected chi connectivity index (χ2v) is 7.74. The number of benzene rings is 2. The van der Waals surface area contributed by atoms with Gasteiger partial charge in [0.15, 0.2) is 0 Å². The summed E-state index contributed by atoms with van der Waals surface area (Å²) in [7, 11) is -3.47. The second-order valence-electron chi connectivity index (χ2n) is 5.92. The number of nitrogens with zero attached hydrogens (tertiary/aromatic N) is 3. The number of rotatable bonds is 5. The molecule has 8 heteroatoms. The molecule has 0 radical (unpaired) electrons. The third-order valence-electron chi connectivity index (χ3n) is 4.26. The van der Waals surface area contributed by atoms with Gasteiger partial charge < -0.3 is 4.90 Å². The zero-order valence-corrected chi connectivity index (χ0v) is 14.9. The molecule has 26 heavy (non-hydrogen) atoms. The molecule has 0 amide bonds. The quantitative estimate of drug-likeness (QED) is 0.594. The predicted molar refractivity (Wildman–Crippen MR) is 101 cm³/mol. The van der Waals surface area contributed by atoms with Gasteiger partial charge in [-0.15, -0.1) is 0 Å². The monoisotopic (exact) mass is 373 g/mol. The lowest BCUT2D eigenvalue weighted by Gasteiger charge is -2.34. The van der Waals surface area contributed by atoms with Crippen molar-refractivity contribution in [2.45, 2.75) is 0 Å². The van der Waals surface area contributed by atoms with Crippen LogP contribution in [0.4, 0.5) is 11.4 Å². The molecule has 136 valence electrons. The first-order valence-electron chi connectivity index (χ1n) is 8.18. The van der Waals surface area contributed by atoms with Crippen LogP contribution in [0.1, 0.15) is 5.56 Å². The highest BCUT2D eigenvalue weighted by Gasteiger charge is 2.25. The minimum Gasteiger partial charge on any atom is -0.369 e. The molecule has 1 fully saturated rings. The van der Waals surface area contributed by atoms with Crippen molar-refractivity contribution in [2.75, 3.05) is 31.1 Å². The van der Waals surface area contributed by atoms with E-state index in [-0.39, 0.29) is 5.69 Å². The van der Waals surface area contributed by atoms with Crippen molar-refractivity contribution in [3.63, 3.8) is 0 Å². The molecule has 2 aromatic rings. The zero-order chi connectivity index (χ0) is 18.6. The summed E-state index contributed by atoms with van der Waals surface area (Å²) in [5.74, 6) is 0. The highest BCUT2D eigenvalue weighted by Crippen LogP contribution is 2.21. The average Bonchev–Trinajstić information content (AvgIpc) is 2.67. The predicted octanol–water partition coefficient (Wildman–Crippen LogP) is 2.72. The van der Waals surface area contributed by atoms with Crippen molar-refractivity contribution in [3.05, 3.63) is 75.7 Å². The molecule has 0 spiro atoms. The molecule has 0 aliphatic carbocycles. The fraction of sp³-hybridized carbons (Fsp3) is 0.222. The molecule has 0 N–H and O–H groups in total. The van der Waals surface area contributed by atoms with E-state index in [1.54, 1.807) is 18.2 Å². The smallest absolute Gasteiger partial charge is 0.269 e. The molecule has 0 bridgehead atoms. The van der Waals surface area contributed by atoms with Crippen LogP contribution in [-0.2, 0) is 10.0 Å². The van der Waals surface area contributed by atoms with Gasteiger partial charge in [0.2, 0.25) is 10.0 Å². The topological polar surface area (TPSA) is 83.8 Å². The summed E-state index contributed by atoms with van der Waals surface area (Å²) in [5.41, 5.74) is 1.73. The standard InChI is InChI=1S/C18H19N3O4S/c22-21(23)18-8-6-17(7-9-18)19-11-13-20(14-12-19)26(24,25)15-10-16-4-2-1-3-5-16/h1-10,15H,11-14H2/b15-10-. The van der Waals surface area contributed by atoms with Crippen LogP contribution in [0.5, 0.6) is 0 Å². The maximum Gasteiger partial charge on any atom is 0.269 e. The molecule has 1 saturated heterocycles. The maximum atomic E-state index is 12.5. The molecular formula is C18H19N3O4S. The second kappa shape index (κ2) is 7.67. The summed E-state index contributed by atoms with van der Waals surface area (Å²) < 4.78 is 26.4. The third-order valence-corrected chi connectivity index (χ3v) is 5.82. The molecule has 0 unspecified atom stereocenters. The van der Waals surface area contributed by atoms with E-state index in [1.807, 2.05) is 35.2 Å². The number of piperazine rings is 1. The lowest BCUT2D eigenvalue weighted by atomic mass is 10.2. The number of nitro groups is 1. The molecule has 0 aromatic heterocycles. The SMILES string of the molecule is O=[N+]([O-])c1ccc(N2CCN(S(=O)(=O)/C=C\c3ccccc3)CC2)cc1. The Morgan fingerprint density at radius 2 is 1.54 bits per heavy atom. The van der Waals surface area contributed by atoms with E-state index >= 15 is 0 Å². The van der Waals surface area contributed by atoms with Crippen LogP contribution in [0.3, 0.4) is 0 Å². The minimum absolute atomic E-state index is 0.0426. The maximum absolute atomic E-state index is 12.5. The largest absolute Gasteiger partial charge is 0.369 e. The van der Waals surface area contributed by atoms with E-state index in [0.29, 0.717) is 26.2 Å². The fourth-order valence-electron chi connectivity index (χ4n) is 2.80. The highest BCUT2D eigenvalue weighted by atomic mass is 32.2. The van der Waals surface area contributed by atoms with Gasteiger partial charge in [-0.25, -0.2) is 8.42 Å². The lowest BCUT2D eigenvalue weighted by molar-refractivity contribution is -0.384. The van der Waals surface area contributed by atoms with Crippen LogP contribution in [0.2, 0.25) is 0 Å². The van der Waals surface area contributed by atoms with Gasteiger partial charge in [-0.2, -0.15) is 4.31 Å². The van der Waals surface area contributed by atoms with E-state index < -0.39 is 14.9 Å². The molecule has 1 aliphatic heterocycles.